The fourth-order valence-corrected chi connectivity index (χ4v) is 2.18. The highest BCUT2D eigenvalue weighted by atomic mass is 16.7. The molecule has 2 rings (SSSR count). The van der Waals surface area contributed by atoms with E-state index < -0.39 is 6.09 Å². The lowest BCUT2D eigenvalue weighted by atomic mass is 9.96. The van der Waals surface area contributed by atoms with Gasteiger partial charge in [-0.3, -0.25) is 4.79 Å². The van der Waals surface area contributed by atoms with Gasteiger partial charge in [-0.1, -0.05) is 6.07 Å². The fraction of sp³-hybridized carbons (Fsp3) is 0.385. The number of methoxy groups -OCH3 is 1. The van der Waals surface area contributed by atoms with E-state index in [1.165, 1.54) is 12.0 Å². The number of ether oxygens (including phenoxy) is 2. The van der Waals surface area contributed by atoms with Crippen LogP contribution in [0, 0.1) is 0 Å². The van der Waals surface area contributed by atoms with Crippen molar-refractivity contribution in [2.45, 2.75) is 13.0 Å². The molecule has 0 spiro atoms. The number of hydrogen-bond acceptors (Lipinski definition) is 4. The summed E-state index contributed by atoms with van der Waals surface area (Å²) in [6.07, 6.45) is 0.321. The van der Waals surface area contributed by atoms with Crippen molar-refractivity contribution in [2.75, 3.05) is 20.4 Å². The third-order valence-corrected chi connectivity index (χ3v) is 3.10. The van der Waals surface area contributed by atoms with Crippen LogP contribution in [-0.4, -0.2) is 42.8 Å². The Morgan fingerprint density at radius 1 is 1.53 bits per heavy atom. The molecule has 1 heterocycles. The second-order valence-corrected chi connectivity index (χ2v) is 4.24. The molecule has 1 aromatic carbocycles. The minimum atomic E-state index is -0.940. The third-order valence-electron chi connectivity index (χ3n) is 3.10. The first kappa shape index (κ1) is 13.4. The monoisotopic (exact) mass is 265 g/mol. The Bertz CT molecular complexity index is 500. The molecule has 0 aliphatic carbocycles. The molecule has 6 nitrogen and oxygen atoms in total. The molecule has 102 valence electrons. The molecule has 1 aromatic rings. The van der Waals surface area contributed by atoms with Crippen LogP contribution in [0.1, 0.15) is 21.5 Å². The van der Waals surface area contributed by atoms with Gasteiger partial charge in [-0.05, 0) is 18.1 Å². The van der Waals surface area contributed by atoms with Crippen molar-refractivity contribution >= 4 is 12.4 Å². The van der Waals surface area contributed by atoms with E-state index in [2.05, 4.69) is 0 Å². The molecule has 1 aliphatic heterocycles. The minimum Gasteiger partial charge on any atom is -0.467 e. The summed E-state index contributed by atoms with van der Waals surface area (Å²) in [7, 11) is 1.50. The average Bonchev–Trinajstić information content (AvgIpc) is 2.43. The SMILES string of the molecule is COCOc1c(C=O)ccc2c1CCN(C(=O)O)C2. The zero-order valence-electron chi connectivity index (χ0n) is 10.6. The van der Waals surface area contributed by atoms with Gasteiger partial charge in [-0.15, -0.1) is 0 Å². The molecule has 19 heavy (non-hydrogen) atoms. The van der Waals surface area contributed by atoms with Gasteiger partial charge in [-0.2, -0.15) is 0 Å². The lowest BCUT2D eigenvalue weighted by Crippen LogP contribution is -2.35. The molecule has 0 bridgehead atoms. The van der Waals surface area contributed by atoms with Gasteiger partial charge in [0, 0.05) is 25.8 Å². The molecule has 1 aliphatic rings. The van der Waals surface area contributed by atoms with Gasteiger partial charge in [0.2, 0.25) is 0 Å². The molecular formula is C13H15NO5. The second kappa shape index (κ2) is 5.71. The summed E-state index contributed by atoms with van der Waals surface area (Å²) >= 11 is 0. The summed E-state index contributed by atoms with van der Waals surface area (Å²) in [5.74, 6) is 0.499. The van der Waals surface area contributed by atoms with Crippen LogP contribution in [0.3, 0.4) is 0 Å². The summed E-state index contributed by atoms with van der Waals surface area (Å²) in [5, 5.41) is 8.99. The molecule has 0 unspecified atom stereocenters. The minimum absolute atomic E-state index is 0.0555. The Morgan fingerprint density at radius 3 is 2.95 bits per heavy atom. The highest BCUT2D eigenvalue weighted by Gasteiger charge is 2.24. The molecule has 0 fully saturated rings. The molecule has 0 saturated heterocycles. The Balaban J connectivity index is 2.35. The van der Waals surface area contributed by atoms with Crippen molar-refractivity contribution < 1.29 is 24.2 Å². The van der Waals surface area contributed by atoms with Crippen molar-refractivity contribution in [2.24, 2.45) is 0 Å². The standard InChI is InChI=1S/C13H15NO5/c1-18-8-19-12-10(7-15)3-2-9-6-14(13(16)17)5-4-11(9)12/h2-3,7H,4-6,8H2,1H3,(H,16,17). The Hall–Kier alpha value is -2.08. The topological polar surface area (TPSA) is 76.1 Å². The molecule has 6 heteroatoms. The van der Waals surface area contributed by atoms with E-state index in [9.17, 15) is 9.59 Å². The average molecular weight is 265 g/mol. The molecular weight excluding hydrogens is 250 g/mol. The van der Waals surface area contributed by atoms with E-state index in [1.807, 2.05) is 0 Å². The molecule has 1 N–H and O–H groups in total. The zero-order chi connectivity index (χ0) is 13.8. The van der Waals surface area contributed by atoms with Crippen LogP contribution in [0.15, 0.2) is 12.1 Å². The van der Waals surface area contributed by atoms with Crippen LogP contribution < -0.4 is 4.74 Å². The summed E-state index contributed by atoms with van der Waals surface area (Å²) in [6, 6.07) is 3.41. The number of fused-ring (bicyclic) bond motifs is 1. The Labute approximate surface area is 110 Å². The van der Waals surface area contributed by atoms with Gasteiger partial charge in [0.1, 0.15) is 5.75 Å². The Kier molecular flexibility index (Phi) is 4.01. The molecule has 0 radical (unpaired) electrons. The summed E-state index contributed by atoms with van der Waals surface area (Å²) in [5.41, 5.74) is 2.21. The highest BCUT2D eigenvalue weighted by Crippen LogP contribution is 2.31. The lowest BCUT2D eigenvalue weighted by Gasteiger charge is -2.28. The van der Waals surface area contributed by atoms with E-state index in [0.29, 0.717) is 30.8 Å². The number of amides is 1. The maximum atomic E-state index is 11.0. The van der Waals surface area contributed by atoms with Crippen LogP contribution in [0.5, 0.6) is 5.75 Å². The molecule has 1 amide bonds. The van der Waals surface area contributed by atoms with Crippen molar-refractivity contribution in [3.8, 4) is 5.75 Å². The first-order valence-electron chi connectivity index (χ1n) is 5.87. The van der Waals surface area contributed by atoms with E-state index >= 15 is 0 Å². The smallest absolute Gasteiger partial charge is 0.407 e. The zero-order valence-corrected chi connectivity index (χ0v) is 10.6. The third kappa shape index (κ3) is 2.68. The van der Waals surface area contributed by atoms with Gasteiger partial charge in [-0.25, -0.2) is 4.79 Å². The van der Waals surface area contributed by atoms with Gasteiger partial charge in [0.15, 0.2) is 13.1 Å². The second-order valence-electron chi connectivity index (χ2n) is 4.24. The van der Waals surface area contributed by atoms with Crippen LogP contribution in [-0.2, 0) is 17.7 Å². The lowest BCUT2D eigenvalue weighted by molar-refractivity contribution is 0.0493. The number of rotatable bonds is 4. The predicted octanol–water partition coefficient (Wildman–Crippen LogP) is 1.52. The first-order chi connectivity index (χ1) is 9.17. The van der Waals surface area contributed by atoms with Crippen molar-refractivity contribution in [3.05, 3.63) is 28.8 Å². The van der Waals surface area contributed by atoms with Crippen molar-refractivity contribution in [1.29, 1.82) is 0 Å². The summed E-state index contributed by atoms with van der Waals surface area (Å²) in [4.78, 5) is 23.3. The molecule has 0 aromatic heterocycles. The number of carbonyl (C=O) groups excluding carboxylic acids is 1. The number of benzene rings is 1. The maximum absolute atomic E-state index is 11.0. The Morgan fingerprint density at radius 2 is 2.32 bits per heavy atom. The van der Waals surface area contributed by atoms with Crippen molar-refractivity contribution in [3.63, 3.8) is 0 Å². The predicted molar refractivity (Wildman–Crippen MR) is 66.5 cm³/mol. The molecule has 0 saturated carbocycles. The first-order valence-corrected chi connectivity index (χ1v) is 5.87. The summed E-state index contributed by atoms with van der Waals surface area (Å²) in [6.45, 7) is 0.765. The normalized spacial score (nSPS) is 13.8. The molecule has 0 atom stereocenters. The van der Waals surface area contributed by atoms with E-state index in [1.54, 1.807) is 12.1 Å². The largest absolute Gasteiger partial charge is 0.467 e. The van der Waals surface area contributed by atoms with Gasteiger partial charge in [0.05, 0.1) is 5.56 Å². The number of aldehydes is 1. The van der Waals surface area contributed by atoms with Crippen LogP contribution in [0.4, 0.5) is 4.79 Å². The van der Waals surface area contributed by atoms with Crippen molar-refractivity contribution in [1.82, 2.24) is 4.90 Å². The number of carbonyl (C=O) groups is 2. The maximum Gasteiger partial charge on any atom is 0.407 e. The van der Waals surface area contributed by atoms with Crippen LogP contribution >= 0.6 is 0 Å². The quantitative estimate of drug-likeness (QED) is 0.659. The van der Waals surface area contributed by atoms with E-state index in [-0.39, 0.29) is 6.79 Å². The van der Waals surface area contributed by atoms with Gasteiger partial charge < -0.3 is 19.5 Å². The number of nitrogens with zero attached hydrogens (tertiary/aromatic N) is 1. The number of hydrogen-bond donors (Lipinski definition) is 1. The van der Waals surface area contributed by atoms with Crippen LogP contribution in [0.2, 0.25) is 0 Å². The van der Waals surface area contributed by atoms with Gasteiger partial charge in [0.25, 0.3) is 0 Å². The summed E-state index contributed by atoms with van der Waals surface area (Å²) < 4.78 is 10.3. The fourth-order valence-electron chi connectivity index (χ4n) is 2.18. The highest BCUT2D eigenvalue weighted by molar-refractivity contribution is 5.81. The van der Waals surface area contributed by atoms with E-state index in [0.717, 1.165) is 17.4 Å². The van der Waals surface area contributed by atoms with Crippen LogP contribution in [0.25, 0.3) is 0 Å². The number of carboxylic acid groups (broad SMARTS) is 1. The van der Waals surface area contributed by atoms with E-state index in [4.69, 9.17) is 14.6 Å². The van der Waals surface area contributed by atoms with Gasteiger partial charge >= 0.3 is 6.09 Å².